The van der Waals surface area contributed by atoms with E-state index in [0.717, 1.165) is 0 Å². The minimum atomic E-state index is -0.583. The number of pyridine rings is 1. The van der Waals surface area contributed by atoms with Gasteiger partial charge in [0.2, 0.25) is 0 Å². The molecule has 7 nitrogen and oxygen atoms in total. The van der Waals surface area contributed by atoms with Crippen LogP contribution in [0.4, 0.5) is 10.1 Å². The second kappa shape index (κ2) is 10.0. The zero-order valence-corrected chi connectivity index (χ0v) is 19.3. The SMILES string of the molecule is CCOC(=O)c1cc(-c2cccc(NC(=O)c3cc(Cl)nc(Cl)c3)c2)n(-c2ccc(F)cc2)n1. The van der Waals surface area contributed by atoms with Crippen LogP contribution in [0.2, 0.25) is 10.3 Å². The maximum atomic E-state index is 13.5. The lowest BCUT2D eigenvalue weighted by atomic mass is 10.1. The van der Waals surface area contributed by atoms with Crippen molar-refractivity contribution in [3.05, 3.63) is 94.1 Å². The number of hydrogen-bond donors (Lipinski definition) is 1. The van der Waals surface area contributed by atoms with E-state index < -0.39 is 17.7 Å². The molecule has 172 valence electrons. The Labute approximate surface area is 204 Å². The van der Waals surface area contributed by atoms with E-state index in [1.807, 2.05) is 0 Å². The molecule has 0 unspecified atom stereocenters. The van der Waals surface area contributed by atoms with Gasteiger partial charge in [-0.05, 0) is 61.5 Å². The first kappa shape index (κ1) is 23.4. The molecule has 0 bridgehead atoms. The van der Waals surface area contributed by atoms with E-state index in [1.165, 1.54) is 28.9 Å². The first-order valence-corrected chi connectivity index (χ1v) is 10.9. The number of carbonyl (C=O) groups is 2. The summed E-state index contributed by atoms with van der Waals surface area (Å²) in [6.07, 6.45) is 0. The molecule has 2 heterocycles. The third-order valence-corrected chi connectivity index (χ3v) is 5.09. The Kier molecular flexibility index (Phi) is 6.90. The van der Waals surface area contributed by atoms with Crippen LogP contribution in [0.25, 0.3) is 16.9 Å². The van der Waals surface area contributed by atoms with Crippen molar-refractivity contribution in [1.29, 1.82) is 0 Å². The Balaban J connectivity index is 1.71. The number of halogens is 3. The second-order valence-corrected chi connectivity index (χ2v) is 7.83. The lowest BCUT2D eigenvalue weighted by molar-refractivity contribution is 0.0519. The highest BCUT2D eigenvalue weighted by Crippen LogP contribution is 2.27. The molecule has 4 aromatic rings. The molecule has 0 saturated carbocycles. The number of hydrogen-bond acceptors (Lipinski definition) is 5. The molecule has 1 amide bonds. The molecule has 0 atom stereocenters. The topological polar surface area (TPSA) is 86.1 Å². The number of amides is 1. The van der Waals surface area contributed by atoms with E-state index in [0.29, 0.717) is 22.6 Å². The predicted molar refractivity (Wildman–Crippen MR) is 127 cm³/mol. The highest BCUT2D eigenvalue weighted by atomic mass is 35.5. The molecule has 0 radical (unpaired) electrons. The fourth-order valence-electron chi connectivity index (χ4n) is 3.23. The number of esters is 1. The summed E-state index contributed by atoms with van der Waals surface area (Å²) in [7, 11) is 0. The molecule has 0 spiro atoms. The number of aromatic nitrogens is 3. The van der Waals surface area contributed by atoms with Crippen LogP contribution in [0.1, 0.15) is 27.8 Å². The standard InChI is InChI=1S/C24H17Cl2FN4O3/c1-2-34-24(33)19-13-20(31(30-19)18-8-6-16(27)7-9-18)14-4-3-5-17(10-14)28-23(32)15-11-21(25)29-22(26)12-15/h3-13H,2H2,1H3,(H,28,32). The monoisotopic (exact) mass is 498 g/mol. The number of ether oxygens (including phenoxy) is 1. The molecule has 0 saturated heterocycles. The Morgan fingerprint density at radius 3 is 2.41 bits per heavy atom. The molecular weight excluding hydrogens is 482 g/mol. The average molecular weight is 499 g/mol. The molecule has 0 fully saturated rings. The van der Waals surface area contributed by atoms with Gasteiger partial charge in [0.25, 0.3) is 5.91 Å². The molecule has 34 heavy (non-hydrogen) atoms. The Bertz CT molecular complexity index is 1350. The van der Waals surface area contributed by atoms with Crippen LogP contribution in [-0.4, -0.2) is 33.2 Å². The van der Waals surface area contributed by atoms with Crippen LogP contribution in [0.15, 0.2) is 66.7 Å². The van der Waals surface area contributed by atoms with E-state index in [9.17, 15) is 14.0 Å². The molecular formula is C24H17Cl2FN4O3. The van der Waals surface area contributed by atoms with Crippen molar-refractivity contribution < 1.29 is 18.7 Å². The summed E-state index contributed by atoms with van der Waals surface area (Å²) in [6, 6.07) is 17.0. The highest BCUT2D eigenvalue weighted by molar-refractivity contribution is 6.33. The molecule has 0 aliphatic rings. The van der Waals surface area contributed by atoms with Crippen LogP contribution < -0.4 is 5.32 Å². The normalized spacial score (nSPS) is 10.7. The fraction of sp³-hybridized carbons (Fsp3) is 0.0833. The maximum Gasteiger partial charge on any atom is 0.358 e. The molecule has 1 N–H and O–H groups in total. The molecule has 0 aliphatic heterocycles. The largest absolute Gasteiger partial charge is 0.461 e. The minimum Gasteiger partial charge on any atom is -0.461 e. The molecule has 0 aliphatic carbocycles. The van der Waals surface area contributed by atoms with Crippen LogP contribution in [0.3, 0.4) is 0 Å². The number of nitrogens with zero attached hydrogens (tertiary/aromatic N) is 3. The summed E-state index contributed by atoms with van der Waals surface area (Å²) < 4.78 is 20.0. The number of benzene rings is 2. The van der Waals surface area contributed by atoms with Gasteiger partial charge in [-0.1, -0.05) is 35.3 Å². The van der Waals surface area contributed by atoms with E-state index in [4.69, 9.17) is 27.9 Å². The van der Waals surface area contributed by atoms with Gasteiger partial charge in [0.15, 0.2) is 5.69 Å². The Morgan fingerprint density at radius 2 is 1.74 bits per heavy atom. The van der Waals surface area contributed by atoms with Crippen LogP contribution in [0.5, 0.6) is 0 Å². The predicted octanol–water partition coefficient (Wildman–Crippen LogP) is 5.81. The van der Waals surface area contributed by atoms with Crippen molar-refractivity contribution in [2.24, 2.45) is 0 Å². The summed E-state index contributed by atoms with van der Waals surface area (Å²) in [4.78, 5) is 28.8. The fourth-order valence-corrected chi connectivity index (χ4v) is 3.69. The van der Waals surface area contributed by atoms with E-state index in [1.54, 1.807) is 49.4 Å². The van der Waals surface area contributed by atoms with E-state index in [2.05, 4.69) is 15.4 Å². The first-order chi connectivity index (χ1) is 16.3. The highest BCUT2D eigenvalue weighted by Gasteiger charge is 2.18. The van der Waals surface area contributed by atoms with Gasteiger partial charge in [-0.3, -0.25) is 4.79 Å². The molecule has 10 heteroatoms. The number of nitrogens with one attached hydrogen (secondary N) is 1. The summed E-state index contributed by atoms with van der Waals surface area (Å²) in [5.41, 5.74) is 2.56. The van der Waals surface area contributed by atoms with Gasteiger partial charge >= 0.3 is 5.97 Å². The summed E-state index contributed by atoms with van der Waals surface area (Å²) in [5.74, 6) is -1.41. The Hall–Kier alpha value is -3.75. The van der Waals surface area contributed by atoms with Crippen LogP contribution in [0, 0.1) is 5.82 Å². The van der Waals surface area contributed by atoms with Crippen molar-refractivity contribution in [2.45, 2.75) is 6.92 Å². The molecule has 2 aromatic carbocycles. The van der Waals surface area contributed by atoms with Crippen molar-refractivity contribution in [3.63, 3.8) is 0 Å². The van der Waals surface area contributed by atoms with E-state index >= 15 is 0 Å². The van der Waals surface area contributed by atoms with Crippen LogP contribution in [-0.2, 0) is 4.74 Å². The maximum absolute atomic E-state index is 13.5. The zero-order chi connectivity index (χ0) is 24.2. The van der Waals surface area contributed by atoms with Gasteiger partial charge in [0.1, 0.15) is 16.1 Å². The van der Waals surface area contributed by atoms with Crippen molar-refractivity contribution >= 4 is 40.8 Å². The number of carbonyl (C=O) groups excluding carboxylic acids is 2. The number of rotatable bonds is 6. The summed E-state index contributed by atoms with van der Waals surface area (Å²) >= 11 is 11.8. The molecule has 2 aromatic heterocycles. The van der Waals surface area contributed by atoms with Gasteiger partial charge in [0, 0.05) is 16.8 Å². The van der Waals surface area contributed by atoms with Gasteiger partial charge in [-0.15, -0.1) is 0 Å². The van der Waals surface area contributed by atoms with Gasteiger partial charge in [0.05, 0.1) is 18.0 Å². The lowest BCUT2D eigenvalue weighted by Gasteiger charge is -2.10. The summed E-state index contributed by atoms with van der Waals surface area (Å²) in [6.45, 7) is 1.90. The Morgan fingerprint density at radius 1 is 1.03 bits per heavy atom. The zero-order valence-electron chi connectivity index (χ0n) is 17.8. The van der Waals surface area contributed by atoms with Crippen LogP contribution >= 0.6 is 23.2 Å². The van der Waals surface area contributed by atoms with Gasteiger partial charge in [-0.25, -0.2) is 18.9 Å². The van der Waals surface area contributed by atoms with Gasteiger partial charge < -0.3 is 10.1 Å². The van der Waals surface area contributed by atoms with Crippen molar-refractivity contribution in [2.75, 3.05) is 11.9 Å². The smallest absolute Gasteiger partial charge is 0.358 e. The minimum absolute atomic E-state index is 0.0942. The second-order valence-electron chi connectivity index (χ2n) is 7.06. The van der Waals surface area contributed by atoms with E-state index in [-0.39, 0.29) is 28.2 Å². The third kappa shape index (κ3) is 5.24. The first-order valence-electron chi connectivity index (χ1n) is 10.1. The lowest BCUT2D eigenvalue weighted by Crippen LogP contribution is -2.12. The van der Waals surface area contributed by atoms with Crippen molar-refractivity contribution in [1.82, 2.24) is 14.8 Å². The van der Waals surface area contributed by atoms with Gasteiger partial charge in [-0.2, -0.15) is 5.10 Å². The van der Waals surface area contributed by atoms with Crippen molar-refractivity contribution in [3.8, 4) is 16.9 Å². The molecule has 4 rings (SSSR count). The average Bonchev–Trinajstić information content (AvgIpc) is 3.25. The number of anilines is 1. The summed E-state index contributed by atoms with van der Waals surface area (Å²) in [5, 5.41) is 7.34. The third-order valence-electron chi connectivity index (χ3n) is 4.71. The quantitative estimate of drug-likeness (QED) is 0.267.